The number of aliphatic carboxylic acids is 1. The predicted molar refractivity (Wildman–Crippen MR) is 55.5 cm³/mol. The first-order valence-electron chi connectivity index (χ1n) is 5.52. The van der Waals surface area contributed by atoms with E-state index >= 15 is 0 Å². The molecule has 1 saturated heterocycles. The normalized spacial score (nSPS) is 27.3. The minimum Gasteiger partial charge on any atom is -0.481 e. The topological polar surface area (TPSA) is 49.8 Å². The van der Waals surface area contributed by atoms with Crippen molar-refractivity contribution in [2.75, 3.05) is 26.3 Å². The van der Waals surface area contributed by atoms with Gasteiger partial charge in [0.25, 0.3) is 0 Å². The molecule has 15 heavy (non-hydrogen) atoms. The van der Waals surface area contributed by atoms with Crippen molar-refractivity contribution in [3.05, 3.63) is 11.8 Å². The van der Waals surface area contributed by atoms with Gasteiger partial charge in [-0.3, -0.25) is 4.79 Å². The van der Waals surface area contributed by atoms with Crippen LogP contribution in [0.2, 0.25) is 0 Å². The molecular formula is C11H17NO3. The number of morpholine rings is 1. The molecule has 0 aromatic rings. The second kappa shape index (κ2) is 4.66. The third-order valence-electron chi connectivity index (χ3n) is 3.15. The second-order valence-electron chi connectivity index (χ2n) is 4.10. The van der Waals surface area contributed by atoms with E-state index in [0.717, 1.165) is 39.1 Å². The van der Waals surface area contributed by atoms with Crippen LogP contribution in [0.25, 0.3) is 0 Å². The summed E-state index contributed by atoms with van der Waals surface area (Å²) in [6.07, 6.45) is 4.45. The minimum absolute atomic E-state index is 0.171. The van der Waals surface area contributed by atoms with Crippen LogP contribution in [-0.4, -0.2) is 42.3 Å². The van der Waals surface area contributed by atoms with E-state index in [1.165, 1.54) is 5.70 Å². The van der Waals surface area contributed by atoms with E-state index < -0.39 is 5.97 Å². The van der Waals surface area contributed by atoms with E-state index in [0.29, 0.717) is 6.42 Å². The molecule has 2 aliphatic rings. The summed E-state index contributed by atoms with van der Waals surface area (Å²) >= 11 is 0. The molecule has 0 saturated carbocycles. The lowest BCUT2D eigenvalue weighted by molar-refractivity contribution is -0.142. The van der Waals surface area contributed by atoms with Crippen molar-refractivity contribution >= 4 is 5.97 Å². The Hall–Kier alpha value is -1.03. The smallest absolute Gasteiger partial charge is 0.306 e. The summed E-state index contributed by atoms with van der Waals surface area (Å²) in [5.41, 5.74) is 1.32. The number of hydrogen-bond donors (Lipinski definition) is 1. The van der Waals surface area contributed by atoms with Crippen LogP contribution in [0.3, 0.4) is 0 Å². The largest absolute Gasteiger partial charge is 0.481 e. The highest BCUT2D eigenvalue weighted by Gasteiger charge is 2.23. The highest BCUT2D eigenvalue weighted by Crippen LogP contribution is 2.26. The van der Waals surface area contributed by atoms with Gasteiger partial charge in [0, 0.05) is 18.8 Å². The molecule has 0 aromatic carbocycles. The van der Waals surface area contributed by atoms with Crippen LogP contribution >= 0.6 is 0 Å². The molecule has 0 amide bonds. The Labute approximate surface area is 89.5 Å². The first-order valence-corrected chi connectivity index (χ1v) is 5.52. The summed E-state index contributed by atoms with van der Waals surface area (Å²) in [6.45, 7) is 3.48. The molecule has 0 bridgehead atoms. The highest BCUT2D eigenvalue weighted by molar-refractivity contribution is 5.70. The molecule has 0 aromatic heterocycles. The van der Waals surface area contributed by atoms with E-state index in [9.17, 15) is 4.79 Å². The Morgan fingerprint density at radius 3 is 2.73 bits per heavy atom. The van der Waals surface area contributed by atoms with Crippen LogP contribution < -0.4 is 0 Å². The lowest BCUT2D eigenvalue weighted by atomic mass is 9.92. The fourth-order valence-electron chi connectivity index (χ4n) is 2.18. The van der Waals surface area contributed by atoms with Crippen LogP contribution in [0.4, 0.5) is 0 Å². The van der Waals surface area contributed by atoms with E-state index in [2.05, 4.69) is 11.0 Å². The van der Waals surface area contributed by atoms with Crippen LogP contribution in [0.15, 0.2) is 11.8 Å². The molecule has 0 spiro atoms. The molecule has 2 rings (SSSR count). The van der Waals surface area contributed by atoms with Gasteiger partial charge in [-0.2, -0.15) is 0 Å². The molecule has 1 heterocycles. The zero-order valence-electron chi connectivity index (χ0n) is 8.82. The molecular weight excluding hydrogens is 194 g/mol. The lowest BCUT2D eigenvalue weighted by Crippen LogP contribution is -2.36. The molecule has 1 atom stereocenters. The Bertz CT molecular complexity index is 269. The molecule has 4 nitrogen and oxygen atoms in total. The zero-order chi connectivity index (χ0) is 10.7. The number of hydrogen-bond acceptors (Lipinski definition) is 3. The Balaban J connectivity index is 1.91. The molecule has 1 aliphatic carbocycles. The molecule has 4 heteroatoms. The van der Waals surface area contributed by atoms with Crippen LogP contribution in [0.5, 0.6) is 0 Å². The number of carboxylic acid groups (broad SMARTS) is 1. The fourth-order valence-corrected chi connectivity index (χ4v) is 2.18. The SMILES string of the molecule is O=C(O)C1CC=C(N2CCOCC2)CC1. The van der Waals surface area contributed by atoms with Crippen LogP contribution in [-0.2, 0) is 9.53 Å². The van der Waals surface area contributed by atoms with Crippen molar-refractivity contribution in [2.24, 2.45) is 5.92 Å². The fraction of sp³-hybridized carbons (Fsp3) is 0.727. The van der Waals surface area contributed by atoms with Crippen molar-refractivity contribution in [3.63, 3.8) is 0 Å². The van der Waals surface area contributed by atoms with Gasteiger partial charge in [-0.05, 0) is 19.3 Å². The van der Waals surface area contributed by atoms with Gasteiger partial charge in [-0.15, -0.1) is 0 Å². The zero-order valence-corrected chi connectivity index (χ0v) is 8.82. The number of ether oxygens (including phenoxy) is 1. The Kier molecular flexibility index (Phi) is 3.26. The highest BCUT2D eigenvalue weighted by atomic mass is 16.5. The summed E-state index contributed by atoms with van der Waals surface area (Å²) in [5.74, 6) is -0.831. The number of allylic oxidation sites excluding steroid dienone is 2. The van der Waals surface area contributed by atoms with Gasteiger partial charge in [-0.25, -0.2) is 0 Å². The standard InChI is InChI=1S/C11H17NO3/c13-11(14)9-1-3-10(4-2-9)12-5-7-15-8-6-12/h3,9H,1-2,4-8H2,(H,13,14). The first-order chi connectivity index (χ1) is 7.27. The van der Waals surface area contributed by atoms with Gasteiger partial charge in [0.2, 0.25) is 0 Å². The molecule has 1 fully saturated rings. The van der Waals surface area contributed by atoms with Crippen molar-refractivity contribution in [2.45, 2.75) is 19.3 Å². The van der Waals surface area contributed by atoms with Crippen molar-refractivity contribution < 1.29 is 14.6 Å². The monoisotopic (exact) mass is 211 g/mol. The third kappa shape index (κ3) is 2.50. The van der Waals surface area contributed by atoms with E-state index in [1.54, 1.807) is 0 Å². The number of carbonyl (C=O) groups is 1. The summed E-state index contributed by atoms with van der Waals surface area (Å²) in [6, 6.07) is 0. The predicted octanol–water partition coefficient (Wildman–Crippen LogP) is 1.09. The maximum Gasteiger partial charge on any atom is 0.306 e. The lowest BCUT2D eigenvalue weighted by Gasteiger charge is -2.33. The van der Waals surface area contributed by atoms with Gasteiger partial charge >= 0.3 is 5.97 Å². The molecule has 0 radical (unpaired) electrons. The van der Waals surface area contributed by atoms with Crippen molar-refractivity contribution in [1.29, 1.82) is 0 Å². The van der Waals surface area contributed by atoms with Gasteiger partial charge in [-0.1, -0.05) is 6.08 Å². The number of carboxylic acids is 1. The molecule has 1 aliphatic heterocycles. The van der Waals surface area contributed by atoms with Gasteiger partial charge < -0.3 is 14.7 Å². The van der Waals surface area contributed by atoms with Gasteiger partial charge in [0.05, 0.1) is 19.1 Å². The average molecular weight is 211 g/mol. The summed E-state index contributed by atoms with van der Waals surface area (Å²) in [4.78, 5) is 13.1. The van der Waals surface area contributed by atoms with E-state index in [4.69, 9.17) is 9.84 Å². The number of nitrogens with zero attached hydrogens (tertiary/aromatic N) is 1. The third-order valence-corrected chi connectivity index (χ3v) is 3.15. The van der Waals surface area contributed by atoms with E-state index in [-0.39, 0.29) is 5.92 Å². The molecule has 84 valence electrons. The quantitative estimate of drug-likeness (QED) is 0.742. The summed E-state index contributed by atoms with van der Waals surface area (Å²) in [7, 11) is 0. The van der Waals surface area contributed by atoms with Gasteiger partial charge in [0.1, 0.15) is 0 Å². The second-order valence-corrected chi connectivity index (χ2v) is 4.10. The summed E-state index contributed by atoms with van der Waals surface area (Å²) < 4.78 is 5.29. The van der Waals surface area contributed by atoms with Gasteiger partial charge in [0.15, 0.2) is 0 Å². The first kappa shape index (κ1) is 10.5. The maximum absolute atomic E-state index is 10.8. The molecule has 1 N–H and O–H groups in total. The van der Waals surface area contributed by atoms with Crippen LogP contribution in [0.1, 0.15) is 19.3 Å². The van der Waals surface area contributed by atoms with Crippen LogP contribution in [0, 0.1) is 5.92 Å². The maximum atomic E-state index is 10.8. The Morgan fingerprint density at radius 1 is 1.47 bits per heavy atom. The summed E-state index contributed by atoms with van der Waals surface area (Å²) in [5, 5.41) is 8.87. The van der Waals surface area contributed by atoms with Crippen molar-refractivity contribution in [3.8, 4) is 0 Å². The Morgan fingerprint density at radius 2 is 2.20 bits per heavy atom. The van der Waals surface area contributed by atoms with Crippen molar-refractivity contribution in [1.82, 2.24) is 4.90 Å². The number of rotatable bonds is 2. The molecule has 1 unspecified atom stereocenters. The minimum atomic E-state index is -0.660. The van der Waals surface area contributed by atoms with E-state index in [1.807, 2.05) is 0 Å². The average Bonchev–Trinajstić information content (AvgIpc) is 2.30.